The number of aliphatic hydroxyl groups excluding tert-OH is 1. The fraction of sp³-hybridized carbons (Fsp3) is 0.222. The Labute approximate surface area is 88.5 Å². The number of hydrogen-bond acceptors (Lipinski definition) is 4. The van der Waals surface area contributed by atoms with Crippen LogP contribution in [-0.4, -0.2) is 16.7 Å². The Morgan fingerprint density at radius 3 is 2.69 bits per heavy atom. The highest BCUT2D eigenvalue weighted by atomic mass is 32.1. The number of aliphatic hydroxyl groups is 1. The van der Waals surface area contributed by atoms with Crippen LogP contribution in [0, 0.1) is 0 Å². The van der Waals surface area contributed by atoms with Crippen LogP contribution in [0.1, 0.15) is 12.1 Å². The number of nitrogens with zero attached hydrogens (tertiary/aromatic N) is 1. The molecule has 0 aliphatic rings. The fourth-order valence-corrected chi connectivity index (χ4v) is 1.33. The lowest BCUT2D eigenvalue weighted by Gasteiger charge is -2.03. The molecule has 0 spiro atoms. The summed E-state index contributed by atoms with van der Waals surface area (Å²) >= 11 is 8.50. The first-order chi connectivity index (χ1) is 6.25. The van der Waals surface area contributed by atoms with Crippen molar-refractivity contribution in [3.63, 3.8) is 0 Å². The van der Waals surface area contributed by atoms with Gasteiger partial charge in [-0.05, 0) is 17.0 Å². The standard InChI is InChI=1S/C9H11NOS2/c11-6-4-8(12)9(13)7-3-1-2-5-10-7/h1-3,5,11-13H,4,6H2/b9-8+. The highest BCUT2D eigenvalue weighted by molar-refractivity contribution is 7.93. The van der Waals surface area contributed by atoms with Gasteiger partial charge in [0.05, 0.1) is 5.69 Å². The largest absolute Gasteiger partial charge is 0.396 e. The molecule has 0 aliphatic carbocycles. The van der Waals surface area contributed by atoms with Crippen LogP contribution in [0.15, 0.2) is 29.3 Å². The molecule has 0 unspecified atom stereocenters. The summed E-state index contributed by atoms with van der Waals surface area (Å²) in [4.78, 5) is 5.59. The summed E-state index contributed by atoms with van der Waals surface area (Å²) in [5.41, 5.74) is 0.782. The Morgan fingerprint density at radius 1 is 1.38 bits per heavy atom. The minimum Gasteiger partial charge on any atom is -0.396 e. The van der Waals surface area contributed by atoms with Gasteiger partial charge in [0.2, 0.25) is 0 Å². The van der Waals surface area contributed by atoms with Crippen molar-refractivity contribution < 1.29 is 5.11 Å². The molecule has 1 heterocycles. The average molecular weight is 213 g/mol. The first-order valence-electron chi connectivity index (χ1n) is 3.89. The third-order valence-electron chi connectivity index (χ3n) is 1.53. The zero-order valence-electron chi connectivity index (χ0n) is 7.01. The quantitative estimate of drug-likeness (QED) is 0.671. The molecule has 0 amide bonds. The molecule has 4 heteroatoms. The van der Waals surface area contributed by atoms with Gasteiger partial charge in [-0.3, -0.25) is 4.98 Å². The molecule has 0 saturated heterocycles. The van der Waals surface area contributed by atoms with E-state index >= 15 is 0 Å². The van der Waals surface area contributed by atoms with Crippen molar-refractivity contribution in [2.24, 2.45) is 0 Å². The van der Waals surface area contributed by atoms with Gasteiger partial charge in [-0.15, -0.1) is 25.3 Å². The number of rotatable bonds is 3. The molecule has 1 aromatic rings. The maximum atomic E-state index is 8.70. The Kier molecular flexibility index (Phi) is 4.35. The Morgan fingerprint density at radius 2 is 2.15 bits per heavy atom. The van der Waals surface area contributed by atoms with E-state index in [9.17, 15) is 0 Å². The second kappa shape index (κ2) is 5.32. The van der Waals surface area contributed by atoms with Crippen LogP contribution in [0.4, 0.5) is 0 Å². The van der Waals surface area contributed by atoms with Crippen LogP contribution in [0.25, 0.3) is 4.91 Å². The van der Waals surface area contributed by atoms with Crippen LogP contribution in [0.5, 0.6) is 0 Å². The van der Waals surface area contributed by atoms with E-state index in [1.165, 1.54) is 0 Å². The van der Waals surface area contributed by atoms with E-state index in [1.807, 2.05) is 18.2 Å². The Hall–Kier alpha value is -0.450. The molecule has 13 heavy (non-hydrogen) atoms. The summed E-state index contributed by atoms with van der Waals surface area (Å²) in [6, 6.07) is 5.59. The summed E-state index contributed by atoms with van der Waals surface area (Å²) in [6.07, 6.45) is 2.21. The van der Waals surface area contributed by atoms with Crippen LogP contribution in [-0.2, 0) is 0 Å². The average Bonchev–Trinajstić information content (AvgIpc) is 2.18. The predicted octanol–water partition coefficient (Wildman–Crippen LogP) is 1.99. The second-order valence-corrected chi connectivity index (χ2v) is 3.47. The molecule has 0 fully saturated rings. The number of hydrogen-bond donors (Lipinski definition) is 3. The van der Waals surface area contributed by atoms with Crippen molar-refractivity contribution in [2.45, 2.75) is 6.42 Å². The first kappa shape index (κ1) is 10.6. The molecule has 0 atom stereocenters. The van der Waals surface area contributed by atoms with Gasteiger partial charge in [-0.2, -0.15) is 0 Å². The van der Waals surface area contributed by atoms with E-state index in [4.69, 9.17) is 5.11 Å². The minimum absolute atomic E-state index is 0.0791. The van der Waals surface area contributed by atoms with E-state index in [-0.39, 0.29) is 6.61 Å². The van der Waals surface area contributed by atoms with Gasteiger partial charge in [0.25, 0.3) is 0 Å². The topological polar surface area (TPSA) is 33.1 Å². The fourth-order valence-electron chi connectivity index (χ4n) is 0.875. The molecule has 0 aromatic carbocycles. The van der Waals surface area contributed by atoms with Gasteiger partial charge in [-0.1, -0.05) is 6.07 Å². The molecule has 0 aliphatic heterocycles. The highest BCUT2D eigenvalue weighted by Crippen LogP contribution is 2.24. The molecular formula is C9H11NOS2. The van der Waals surface area contributed by atoms with Crippen molar-refractivity contribution >= 4 is 30.2 Å². The third kappa shape index (κ3) is 3.06. The van der Waals surface area contributed by atoms with E-state index in [1.54, 1.807) is 6.20 Å². The molecular weight excluding hydrogens is 202 g/mol. The predicted molar refractivity (Wildman–Crippen MR) is 60.8 cm³/mol. The lowest BCUT2D eigenvalue weighted by atomic mass is 10.3. The minimum atomic E-state index is 0.0791. The molecule has 0 saturated carbocycles. The molecule has 1 rings (SSSR count). The highest BCUT2D eigenvalue weighted by Gasteiger charge is 2.02. The van der Waals surface area contributed by atoms with Crippen LogP contribution in [0.3, 0.4) is 0 Å². The maximum absolute atomic E-state index is 8.70. The summed E-state index contributed by atoms with van der Waals surface area (Å²) in [5.74, 6) is 0. The summed E-state index contributed by atoms with van der Waals surface area (Å²) < 4.78 is 0. The maximum Gasteiger partial charge on any atom is 0.0770 e. The van der Waals surface area contributed by atoms with Gasteiger partial charge in [0, 0.05) is 24.1 Å². The molecule has 0 radical (unpaired) electrons. The van der Waals surface area contributed by atoms with Crippen molar-refractivity contribution in [3.05, 3.63) is 35.0 Å². The van der Waals surface area contributed by atoms with Crippen molar-refractivity contribution in [2.75, 3.05) is 6.61 Å². The molecule has 2 nitrogen and oxygen atoms in total. The van der Waals surface area contributed by atoms with Crippen molar-refractivity contribution in [3.8, 4) is 0 Å². The number of aromatic nitrogens is 1. The molecule has 1 aromatic heterocycles. The SMILES string of the molecule is OCC/C(S)=C(\S)c1ccccn1. The number of thiol groups is 2. The zero-order chi connectivity index (χ0) is 9.68. The smallest absolute Gasteiger partial charge is 0.0770 e. The normalized spacial score (nSPS) is 12.5. The van der Waals surface area contributed by atoms with Gasteiger partial charge >= 0.3 is 0 Å². The summed E-state index contributed by atoms with van der Waals surface area (Å²) in [7, 11) is 0. The van der Waals surface area contributed by atoms with E-state index < -0.39 is 0 Å². The van der Waals surface area contributed by atoms with Gasteiger partial charge < -0.3 is 5.11 Å². The summed E-state index contributed by atoms with van der Waals surface area (Å²) in [5, 5.41) is 8.70. The van der Waals surface area contributed by atoms with E-state index in [0.29, 0.717) is 6.42 Å². The zero-order valence-corrected chi connectivity index (χ0v) is 8.80. The Bertz CT molecular complexity index is 298. The molecule has 1 N–H and O–H groups in total. The van der Waals surface area contributed by atoms with Crippen molar-refractivity contribution in [1.29, 1.82) is 0 Å². The second-order valence-electron chi connectivity index (χ2n) is 2.48. The van der Waals surface area contributed by atoms with Gasteiger partial charge in [0.15, 0.2) is 0 Å². The van der Waals surface area contributed by atoms with E-state index in [2.05, 4.69) is 30.2 Å². The van der Waals surface area contributed by atoms with Crippen LogP contribution < -0.4 is 0 Å². The molecule has 70 valence electrons. The van der Waals surface area contributed by atoms with Gasteiger partial charge in [0.1, 0.15) is 0 Å². The monoisotopic (exact) mass is 213 g/mol. The first-order valence-corrected chi connectivity index (χ1v) is 4.78. The number of pyridine rings is 1. The summed E-state index contributed by atoms with van der Waals surface area (Å²) in [6.45, 7) is 0.0791. The van der Waals surface area contributed by atoms with E-state index in [0.717, 1.165) is 15.5 Å². The lowest BCUT2D eigenvalue weighted by molar-refractivity contribution is 0.302. The molecule has 0 bridgehead atoms. The van der Waals surface area contributed by atoms with Gasteiger partial charge in [-0.25, -0.2) is 0 Å². The van der Waals surface area contributed by atoms with Crippen molar-refractivity contribution in [1.82, 2.24) is 4.98 Å². The Balaban J connectivity index is 2.89. The van der Waals surface area contributed by atoms with Crippen LogP contribution >= 0.6 is 25.3 Å². The lowest BCUT2D eigenvalue weighted by Crippen LogP contribution is -1.88. The third-order valence-corrected chi connectivity index (χ3v) is 2.65. The van der Waals surface area contributed by atoms with Crippen LogP contribution in [0.2, 0.25) is 0 Å².